The molecular formula is C25H18FN7OS. The van der Waals surface area contributed by atoms with E-state index in [2.05, 4.69) is 30.5 Å². The first-order chi connectivity index (χ1) is 17.1. The second-order valence-corrected chi connectivity index (χ2v) is 10.1. The van der Waals surface area contributed by atoms with E-state index in [-0.39, 0.29) is 22.7 Å². The number of nitrogens with zero attached hydrogens (tertiary/aromatic N) is 6. The second-order valence-electron chi connectivity index (χ2n) is 9.25. The van der Waals surface area contributed by atoms with Crippen molar-refractivity contribution < 1.29 is 9.18 Å². The topological polar surface area (TPSA) is 98.5 Å². The standard InChI is InChI=1S/C25H18FN7OS/c26-16-4-1-2-6-18(16)33-20(22-29-10-11-35-22)31-32-23(33)24-12-25(13-24,14-24)30-21(34)15-7-9-27-17-5-3-8-28-19(15)17/h1-11H,12-14H2,(H,30,34). The number of carbonyl (C=O) groups is 1. The molecule has 35 heavy (non-hydrogen) atoms. The minimum atomic E-state index is -0.349. The molecule has 1 amide bonds. The molecule has 8 rings (SSSR count). The quantitative estimate of drug-likeness (QED) is 0.405. The average molecular weight is 484 g/mol. The molecule has 1 aromatic carbocycles. The highest BCUT2D eigenvalue weighted by molar-refractivity contribution is 7.13. The summed E-state index contributed by atoms with van der Waals surface area (Å²) in [5.74, 6) is 0.721. The molecule has 0 atom stereocenters. The maximum Gasteiger partial charge on any atom is 0.254 e. The number of hydrogen-bond donors (Lipinski definition) is 1. The molecule has 3 aliphatic carbocycles. The molecule has 0 spiro atoms. The summed E-state index contributed by atoms with van der Waals surface area (Å²) in [5.41, 5.74) is 1.60. The minimum Gasteiger partial charge on any atom is -0.346 e. The van der Waals surface area contributed by atoms with Crippen LogP contribution in [-0.2, 0) is 5.41 Å². The number of aromatic nitrogens is 6. The molecule has 10 heteroatoms. The monoisotopic (exact) mass is 483 g/mol. The van der Waals surface area contributed by atoms with E-state index in [9.17, 15) is 9.18 Å². The Labute approximate surface area is 202 Å². The third-order valence-corrected chi connectivity index (χ3v) is 7.77. The van der Waals surface area contributed by atoms with Gasteiger partial charge in [0.15, 0.2) is 10.8 Å². The smallest absolute Gasteiger partial charge is 0.254 e. The number of rotatable bonds is 5. The zero-order valence-corrected chi connectivity index (χ0v) is 19.2. The first-order valence-corrected chi connectivity index (χ1v) is 12.1. The number of benzene rings is 1. The van der Waals surface area contributed by atoms with Gasteiger partial charge in [-0.2, -0.15) is 0 Å². The van der Waals surface area contributed by atoms with Crippen LogP contribution in [0.5, 0.6) is 0 Å². The molecule has 4 heterocycles. The first-order valence-electron chi connectivity index (χ1n) is 11.2. The third-order valence-electron chi connectivity index (χ3n) is 7.00. The predicted octanol–water partition coefficient (Wildman–Crippen LogP) is 4.08. The predicted molar refractivity (Wildman–Crippen MR) is 128 cm³/mol. The van der Waals surface area contributed by atoms with E-state index in [1.165, 1.54) is 17.4 Å². The zero-order chi connectivity index (χ0) is 23.6. The van der Waals surface area contributed by atoms with Crippen molar-refractivity contribution in [2.24, 2.45) is 0 Å². The largest absolute Gasteiger partial charge is 0.346 e. The lowest BCUT2D eigenvalue weighted by molar-refractivity contribution is -0.0873. The van der Waals surface area contributed by atoms with Gasteiger partial charge in [0.25, 0.3) is 5.91 Å². The molecule has 5 aromatic rings. The molecule has 1 N–H and O–H groups in total. The van der Waals surface area contributed by atoms with Gasteiger partial charge < -0.3 is 5.32 Å². The Morgan fingerprint density at radius 1 is 0.971 bits per heavy atom. The van der Waals surface area contributed by atoms with Gasteiger partial charge in [-0.05, 0) is 49.6 Å². The molecule has 2 bridgehead atoms. The van der Waals surface area contributed by atoms with Crippen LogP contribution in [0.1, 0.15) is 35.4 Å². The van der Waals surface area contributed by atoms with Gasteiger partial charge in [-0.15, -0.1) is 21.5 Å². The van der Waals surface area contributed by atoms with Crippen molar-refractivity contribution in [3.8, 4) is 16.5 Å². The highest BCUT2D eigenvalue weighted by Gasteiger charge is 2.71. The molecule has 8 nitrogen and oxygen atoms in total. The molecule has 172 valence electrons. The van der Waals surface area contributed by atoms with E-state index in [1.807, 2.05) is 11.4 Å². The number of halogens is 1. The van der Waals surface area contributed by atoms with E-state index in [1.54, 1.807) is 53.5 Å². The van der Waals surface area contributed by atoms with Gasteiger partial charge in [0.1, 0.15) is 17.2 Å². The Morgan fingerprint density at radius 3 is 2.63 bits per heavy atom. The van der Waals surface area contributed by atoms with Crippen molar-refractivity contribution in [2.75, 3.05) is 0 Å². The van der Waals surface area contributed by atoms with Crippen LogP contribution in [0.4, 0.5) is 4.39 Å². The number of thiazole rings is 1. The summed E-state index contributed by atoms with van der Waals surface area (Å²) in [6.07, 6.45) is 7.13. The fraction of sp³-hybridized carbons (Fsp3) is 0.200. The third kappa shape index (κ3) is 2.96. The number of hydrogen-bond acceptors (Lipinski definition) is 7. The number of pyridine rings is 2. The lowest BCUT2D eigenvalue weighted by atomic mass is 9.39. The van der Waals surface area contributed by atoms with Gasteiger partial charge in [0.05, 0.1) is 16.8 Å². The molecule has 4 aromatic heterocycles. The minimum absolute atomic E-state index is 0.163. The molecule has 3 fully saturated rings. The van der Waals surface area contributed by atoms with Gasteiger partial charge in [-0.1, -0.05) is 12.1 Å². The molecule has 0 saturated heterocycles. The fourth-order valence-electron chi connectivity index (χ4n) is 5.59. The molecule has 0 radical (unpaired) electrons. The Hall–Kier alpha value is -4.05. The normalized spacial score (nSPS) is 22.4. The zero-order valence-electron chi connectivity index (χ0n) is 18.3. The number of fused-ring (bicyclic) bond motifs is 1. The van der Waals surface area contributed by atoms with Crippen molar-refractivity contribution in [1.29, 1.82) is 0 Å². The van der Waals surface area contributed by atoms with E-state index in [0.717, 1.165) is 0 Å². The molecular weight excluding hydrogens is 465 g/mol. The average Bonchev–Trinajstić information content (AvgIpc) is 3.50. The van der Waals surface area contributed by atoms with E-state index in [4.69, 9.17) is 0 Å². The highest BCUT2D eigenvalue weighted by Crippen LogP contribution is 2.67. The van der Waals surface area contributed by atoms with E-state index >= 15 is 0 Å². The maximum absolute atomic E-state index is 14.9. The SMILES string of the molecule is O=C(NC12CC(c3nnc(-c4nccs4)n3-c3ccccc3F)(C1)C2)c1ccnc2cccnc12. The van der Waals surface area contributed by atoms with Crippen molar-refractivity contribution in [2.45, 2.75) is 30.2 Å². The van der Waals surface area contributed by atoms with Crippen molar-refractivity contribution in [3.05, 3.63) is 83.6 Å². The number of nitrogens with one attached hydrogen (secondary N) is 1. The van der Waals surface area contributed by atoms with E-state index < -0.39 is 0 Å². The van der Waals surface area contributed by atoms with Crippen molar-refractivity contribution in [3.63, 3.8) is 0 Å². The summed E-state index contributed by atoms with van der Waals surface area (Å²) in [6, 6.07) is 11.9. The van der Waals surface area contributed by atoms with Crippen LogP contribution in [0, 0.1) is 5.82 Å². The van der Waals surface area contributed by atoms with Gasteiger partial charge in [0.2, 0.25) is 0 Å². The summed E-state index contributed by atoms with van der Waals surface area (Å²) in [7, 11) is 0. The summed E-state index contributed by atoms with van der Waals surface area (Å²) in [5, 5.41) is 14.7. The van der Waals surface area contributed by atoms with Crippen LogP contribution < -0.4 is 5.32 Å². The van der Waals surface area contributed by atoms with E-state index in [0.29, 0.717) is 58.2 Å². The fourth-order valence-corrected chi connectivity index (χ4v) is 6.20. The Morgan fingerprint density at radius 2 is 1.83 bits per heavy atom. The summed E-state index contributed by atoms with van der Waals surface area (Å²) in [4.78, 5) is 26.2. The van der Waals surface area contributed by atoms with Crippen LogP contribution in [0.25, 0.3) is 27.6 Å². The van der Waals surface area contributed by atoms with Crippen LogP contribution >= 0.6 is 11.3 Å². The van der Waals surface area contributed by atoms with Gasteiger partial charge in [-0.3, -0.25) is 19.3 Å². The van der Waals surface area contributed by atoms with Crippen LogP contribution in [-0.4, -0.2) is 41.2 Å². The molecule has 0 unspecified atom stereocenters. The van der Waals surface area contributed by atoms with Crippen molar-refractivity contribution >= 4 is 28.3 Å². The summed E-state index contributed by atoms with van der Waals surface area (Å²) < 4.78 is 16.7. The second kappa shape index (κ2) is 7.22. The molecule has 3 aliphatic rings. The van der Waals surface area contributed by atoms with Crippen LogP contribution in [0.15, 0.2) is 66.4 Å². The van der Waals surface area contributed by atoms with Crippen LogP contribution in [0.3, 0.4) is 0 Å². The Bertz CT molecular complexity index is 1590. The molecule has 3 saturated carbocycles. The van der Waals surface area contributed by atoms with Gasteiger partial charge in [0, 0.05) is 34.9 Å². The van der Waals surface area contributed by atoms with Crippen LogP contribution in [0.2, 0.25) is 0 Å². The Kier molecular flexibility index (Phi) is 4.20. The lowest BCUT2D eigenvalue weighted by Gasteiger charge is -2.69. The Balaban J connectivity index is 1.20. The number of amides is 1. The van der Waals surface area contributed by atoms with Crippen molar-refractivity contribution in [1.82, 2.24) is 35.0 Å². The first kappa shape index (κ1) is 20.3. The maximum atomic E-state index is 14.9. The lowest BCUT2D eigenvalue weighted by Crippen LogP contribution is -2.77. The number of carbonyl (C=O) groups excluding carboxylic acids is 1. The van der Waals surface area contributed by atoms with Gasteiger partial charge >= 0.3 is 0 Å². The summed E-state index contributed by atoms with van der Waals surface area (Å²) in [6.45, 7) is 0. The highest BCUT2D eigenvalue weighted by atomic mass is 32.1. The molecule has 0 aliphatic heterocycles. The summed E-state index contributed by atoms with van der Waals surface area (Å²) >= 11 is 1.43. The van der Waals surface area contributed by atoms with Gasteiger partial charge in [-0.25, -0.2) is 9.37 Å². The number of para-hydroxylation sites is 1.